The van der Waals surface area contributed by atoms with Crippen LogP contribution < -0.4 is 49.7 Å². The van der Waals surface area contributed by atoms with Crippen LogP contribution in [0.3, 0.4) is 0 Å². The molecule has 44 heavy (non-hydrogen) atoms. The van der Waals surface area contributed by atoms with Crippen LogP contribution >= 0.6 is 0 Å². The Balaban J connectivity index is 0.00000675. The van der Waals surface area contributed by atoms with Gasteiger partial charge in [-0.3, -0.25) is 9.59 Å². The molecule has 3 aromatic carbocycles. The number of ether oxygens (including phenoxy) is 2. The van der Waals surface area contributed by atoms with Crippen LogP contribution in [0.25, 0.3) is 10.8 Å². The van der Waals surface area contributed by atoms with Crippen molar-refractivity contribution in [3.8, 4) is 11.5 Å². The minimum atomic E-state index is -4.83. The third kappa shape index (κ3) is 11.2. The molecule has 3 aromatic rings. The summed E-state index contributed by atoms with van der Waals surface area (Å²) >= 11 is 0. The zero-order chi connectivity index (χ0) is 31.2. The van der Waals surface area contributed by atoms with Crippen LogP contribution in [0.5, 0.6) is 11.5 Å². The van der Waals surface area contributed by atoms with Crippen LogP contribution in [-0.4, -0.2) is 51.1 Å². The maximum atomic E-state index is 12.1. The van der Waals surface area contributed by atoms with Crippen molar-refractivity contribution in [2.24, 2.45) is 10.2 Å². The van der Waals surface area contributed by atoms with E-state index in [9.17, 15) is 22.6 Å². The second-order valence-corrected chi connectivity index (χ2v) is 10.8. The van der Waals surface area contributed by atoms with Gasteiger partial charge in [0.2, 0.25) is 11.8 Å². The van der Waals surface area contributed by atoms with E-state index in [0.717, 1.165) is 5.56 Å². The molecule has 0 saturated carbocycles. The summed E-state index contributed by atoms with van der Waals surface area (Å²) in [6.07, 6.45) is 4.94. The molecule has 0 bridgehead atoms. The van der Waals surface area contributed by atoms with Crippen LogP contribution in [0.2, 0.25) is 0 Å². The molecule has 3 rings (SSSR count). The van der Waals surface area contributed by atoms with Crippen molar-refractivity contribution in [2.75, 3.05) is 26.3 Å². The fourth-order valence-electron chi connectivity index (χ4n) is 4.04. The maximum Gasteiger partial charge on any atom is 1.00 e. The normalized spacial score (nSPS) is 11.0. The van der Waals surface area contributed by atoms with Gasteiger partial charge in [0, 0.05) is 29.9 Å². The van der Waals surface area contributed by atoms with E-state index in [2.05, 4.69) is 34.0 Å². The van der Waals surface area contributed by atoms with Gasteiger partial charge in [-0.1, -0.05) is 43.5 Å². The number of nitrogens with zero attached hydrogens (tertiary/aromatic N) is 2. The van der Waals surface area contributed by atoms with Crippen molar-refractivity contribution < 1.29 is 61.6 Å². The molecule has 0 fully saturated rings. The third-order valence-electron chi connectivity index (χ3n) is 6.21. The summed E-state index contributed by atoms with van der Waals surface area (Å²) in [6.45, 7) is 10.2. The van der Waals surface area contributed by atoms with Gasteiger partial charge in [-0.05, 0) is 62.5 Å². The Morgan fingerprint density at radius 2 is 1.41 bits per heavy atom. The van der Waals surface area contributed by atoms with Crippen LogP contribution in [-0.2, 0) is 19.7 Å². The van der Waals surface area contributed by atoms with Crippen molar-refractivity contribution >= 4 is 44.1 Å². The fraction of sp³-hybridized carbons (Fsp3) is 0.290. The Morgan fingerprint density at radius 1 is 0.841 bits per heavy atom. The largest absolute Gasteiger partial charge is 1.00 e. The second kappa shape index (κ2) is 18.3. The van der Waals surface area contributed by atoms with E-state index in [0.29, 0.717) is 62.2 Å². The predicted molar refractivity (Wildman–Crippen MR) is 163 cm³/mol. The number of hydrogen-bond donors (Lipinski definition) is 2. The molecule has 0 saturated heterocycles. The molecule has 2 N–H and O–H groups in total. The van der Waals surface area contributed by atoms with Crippen molar-refractivity contribution in [3.63, 3.8) is 0 Å². The number of benzene rings is 3. The molecule has 0 aliphatic heterocycles. The van der Waals surface area contributed by atoms with E-state index in [-0.39, 0.29) is 64.8 Å². The molecule has 0 heterocycles. The Morgan fingerprint density at radius 3 is 1.98 bits per heavy atom. The maximum absolute atomic E-state index is 12.1. The number of rotatable bonds is 17. The van der Waals surface area contributed by atoms with E-state index in [1.807, 2.05) is 13.0 Å². The molecule has 0 aliphatic carbocycles. The summed E-state index contributed by atoms with van der Waals surface area (Å²) in [5.41, 5.74) is 1.63. The number of hydrogen-bond acceptors (Lipinski definition) is 9. The van der Waals surface area contributed by atoms with Gasteiger partial charge in [-0.15, -0.1) is 10.2 Å². The molecule has 228 valence electrons. The smallest absolute Gasteiger partial charge is 0.744 e. The van der Waals surface area contributed by atoms with Gasteiger partial charge in [0.25, 0.3) is 0 Å². The molecular weight excluding hydrogens is 595 g/mol. The zero-order valence-corrected chi connectivity index (χ0v) is 27.8. The first-order valence-corrected chi connectivity index (χ1v) is 15.1. The van der Waals surface area contributed by atoms with Gasteiger partial charge < -0.3 is 24.7 Å². The summed E-state index contributed by atoms with van der Waals surface area (Å²) in [6, 6.07) is 13.2. The molecule has 0 aliphatic rings. The number of carbonyl (C=O) groups is 2. The minimum Gasteiger partial charge on any atom is -0.744 e. The van der Waals surface area contributed by atoms with Gasteiger partial charge in [0.15, 0.2) is 0 Å². The van der Waals surface area contributed by atoms with Gasteiger partial charge in [0.05, 0.1) is 18.1 Å². The van der Waals surface area contributed by atoms with E-state index >= 15 is 0 Å². The van der Waals surface area contributed by atoms with Crippen LogP contribution in [0.15, 0.2) is 89.0 Å². The molecule has 0 aromatic heterocycles. The van der Waals surface area contributed by atoms with Crippen LogP contribution in [0, 0.1) is 6.92 Å². The molecule has 0 atom stereocenters. The topological polar surface area (TPSA) is 159 Å². The molecule has 13 heteroatoms. The van der Waals surface area contributed by atoms with Crippen LogP contribution in [0.1, 0.15) is 31.2 Å². The first-order valence-electron chi connectivity index (χ1n) is 13.7. The number of carbonyl (C=O) groups excluding carboxylic acids is 2. The monoisotopic (exact) mass is 630 g/mol. The van der Waals surface area contributed by atoms with E-state index in [4.69, 9.17) is 9.47 Å². The molecule has 11 nitrogen and oxygen atoms in total. The number of unbranched alkanes of at least 4 members (excludes halogenated alkanes) is 2. The molecule has 2 amide bonds. The second-order valence-electron chi connectivity index (χ2n) is 9.49. The molecular formula is C31H35N4NaO7S. The Hall–Kier alpha value is -3.55. The van der Waals surface area contributed by atoms with E-state index in [1.165, 1.54) is 24.3 Å². The summed E-state index contributed by atoms with van der Waals surface area (Å²) < 4.78 is 48.3. The van der Waals surface area contributed by atoms with Crippen molar-refractivity contribution in [1.29, 1.82) is 0 Å². The van der Waals surface area contributed by atoms with E-state index in [1.54, 1.807) is 30.3 Å². The average molecular weight is 631 g/mol. The molecule has 0 spiro atoms. The molecule has 0 radical (unpaired) electrons. The first kappa shape index (κ1) is 36.6. The first-order chi connectivity index (χ1) is 20.6. The van der Waals surface area contributed by atoms with Crippen molar-refractivity contribution in [3.05, 3.63) is 79.4 Å². The number of azo groups is 1. The Labute approximate surface area is 279 Å². The summed E-state index contributed by atoms with van der Waals surface area (Å²) in [5, 5.41) is 14.9. The minimum absolute atomic E-state index is 0. The predicted octanol–water partition coefficient (Wildman–Crippen LogP) is 2.39. The van der Waals surface area contributed by atoms with Gasteiger partial charge in [-0.25, -0.2) is 8.42 Å². The van der Waals surface area contributed by atoms with E-state index < -0.39 is 15.0 Å². The molecule has 0 unspecified atom stereocenters. The van der Waals surface area contributed by atoms with Gasteiger partial charge >= 0.3 is 29.6 Å². The zero-order valence-electron chi connectivity index (χ0n) is 25.0. The standard InChI is InChI=1S/C31H36N4O7S.Na/c1-4-29(36)32-16-8-10-18-41-26-15-14-22(3)20-25(26)34-35-31-24-13-7-6-12-23(24)28(43(38,39)40)21-27(31)42-19-11-9-17-33-30(37)5-2;/h4-7,12-15,20-21H,1-2,8-11,16-19H2,3H3,(H,32,36)(H,33,37)(H,38,39,40);/q;+1/p-1. The van der Waals surface area contributed by atoms with Crippen LogP contribution in [0.4, 0.5) is 11.4 Å². The summed E-state index contributed by atoms with van der Waals surface area (Å²) in [5.74, 6) is 0.0798. The fourth-order valence-corrected chi connectivity index (χ4v) is 4.74. The van der Waals surface area contributed by atoms with Gasteiger partial charge in [0.1, 0.15) is 33.0 Å². The number of fused-ring (bicyclic) bond motifs is 1. The average Bonchev–Trinajstić information content (AvgIpc) is 2.99. The van der Waals surface area contributed by atoms with Crippen molar-refractivity contribution in [1.82, 2.24) is 10.6 Å². The third-order valence-corrected chi connectivity index (χ3v) is 7.09. The summed E-state index contributed by atoms with van der Waals surface area (Å²) in [7, 11) is -4.83. The number of nitrogens with one attached hydrogen (secondary N) is 2. The quantitative estimate of drug-likeness (QED) is 0.0762. The van der Waals surface area contributed by atoms with Gasteiger partial charge in [-0.2, -0.15) is 0 Å². The Bertz CT molecular complexity index is 1610. The number of aryl methyl sites for hydroxylation is 1. The summed E-state index contributed by atoms with van der Waals surface area (Å²) in [4.78, 5) is 22.2. The number of amides is 2. The Kier molecular flexibility index (Phi) is 15.2. The van der Waals surface area contributed by atoms with Crippen molar-refractivity contribution in [2.45, 2.75) is 37.5 Å². The SMILES string of the molecule is C=CC(=O)NCCCCOc1ccc(C)cc1N=Nc1c(OCCCCNC(=O)C=C)cc(S(=O)(=O)[O-])c2ccccc12.[Na+].